The number of fused-ring (bicyclic) bond motifs is 1. The Balaban J connectivity index is 1.84. The number of aromatic nitrogens is 2. The first-order valence-corrected chi connectivity index (χ1v) is 7.07. The number of hydrogen-bond acceptors (Lipinski definition) is 3. The van der Waals surface area contributed by atoms with E-state index in [0.29, 0.717) is 5.56 Å². The molecule has 22 heavy (non-hydrogen) atoms. The molecule has 5 nitrogen and oxygen atoms in total. The van der Waals surface area contributed by atoms with E-state index in [-0.39, 0.29) is 5.91 Å². The first-order chi connectivity index (χ1) is 10.5. The molecule has 1 aromatic carbocycles. The van der Waals surface area contributed by atoms with E-state index in [1.807, 2.05) is 79.1 Å². The summed E-state index contributed by atoms with van der Waals surface area (Å²) in [6.45, 7) is 1.94. The summed E-state index contributed by atoms with van der Waals surface area (Å²) in [5, 5.41) is 2.92. The number of rotatable bonds is 3. The van der Waals surface area contributed by atoms with Crippen molar-refractivity contribution in [2.75, 3.05) is 24.3 Å². The number of aryl methyl sites for hydroxylation is 1. The van der Waals surface area contributed by atoms with Crippen molar-refractivity contribution >= 4 is 22.9 Å². The second-order valence-corrected chi connectivity index (χ2v) is 5.46. The highest BCUT2D eigenvalue weighted by Gasteiger charge is 2.08. The minimum absolute atomic E-state index is 0.125. The highest BCUT2D eigenvalue weighted by Crippen LogP contribution is 2.16. The fourth-order valence-electron chi connectivity index (χ4n) is 2.32. The minimum atomic E-state index is -0.125. The number of carbonyl (C=O) groups excluding carboxylic acids is 1. The molecule has 0 atom stereocenters. The molecule has 3 aromatic rings. The van der Waals surface area contributed by atoms with Gasteiger partial charge in [-0.1, -0.05) is 6.07 Å². The molecule has 0 saturated heterocycles. The Hall–Kier alpha value is -2.82. The lowest BCUT2D eigenvalue weighted by Crippen LogP contribution is -2.14. The van der Waals surface area contributed by atoms with Gasteiger partial charge in [-0.2, -0.15) is 0 Å². The maximum atomic E-state index is 12.4. The van der Waals surface area contributed by atoms with Gasteiger partial charge >= 0.3 is 0 Å². The number of amides is 1. The van der Waals surface area contributed by atoms with Crippen molar-refractivity contribution in [3.8, 4) is 0 Å². The third-order valence-electron chi connectivity index (χ3n) is 3.45. The van der Waals surface area contributed by atoms with Crippen LogP contribution in [0.1, 0.15) is 16.1 Å². The van der Waals surface area contributed by atoms with Crippen molar-refractivity contribution < 1.29 is 4.79 Å². The highest BCUT2D eigenvalue weighted by atomic mass is 16.1. The van der Waals surface area contributed by atoms with E-state index in [4.69, 9.17) is 0 Å². The van der Waals surface area contributed by atoms with Gasteiger partial charge in [0.1, 0.15) is 5.65 Å². The maximum Gasteiger partial charge on any atom is 0.255 e. The van der Waals surface area contributed by atoms with Crippen LogP contribution in [0.15, 0.2) is 48.8 Å². The van der Waals surface area contributed by atoms with Gasteiger partial charge in [-0.15, -0.1) is 0 Å². The molecule has 0 fully saturated rings. The van der Waals surface area contributed by atoms with Gasteiger partial charge in [-0.25, -0.2) is 4.98 Å². The van der Waals surface area contributed by atoms with Gasteiger partial charge in [-0.3, -0.25) is 4.79 Å². The summed E-state index contributed by atoms with van der Waals surface area (Å²) in [6.07, 6.45) is 3.79. The number of nitrogens with one attached hydrogen (secondary N) is 1. The van der Waals surface area contributed by atoms with E-state index in [1.54, 1.807) is 0 Å². The third kappa shape index (κ3) is 2.79. The van der Waals surface area contributed by atoms with E-state index in [9.17, 15) is 4.79 Å². The number of carbonyl (C=O) groups is 1. The molecular formula is C17H18N4O. The van der Waals surface area contributed by atoms with Crippen LogP contribution < -0.4 is 10.2 Å². The molecule has 3 rings (SSSR count). The van der Waals surface area contributed by atoms with Crippen LogP contribution in [-0.2, 0) is 0 Å². The second kappa shape index (κ2) is 5.52. The molecule has 5 heteroatoms. The zero-order valence-electron chi connectivity index (χ0n) is 12.9. The lowest BCUT2D eigenvalue weighted by molar-refractivity contribution is 0.102. The van der Waals surface area contributed by atoms with Crippen molar-refractivity contribution in [1.82, 2.24) is 9.38 Å². The molecular weight excluding hydrogens is 276 g/mol. The molecule has 112 valence electrons. The Kier molecular flexibility index (Phi) is 3.55. The molecule has 1 N–H and O–H groups in total. The Morgan fingerprint density at radius 3 is 2.77 bits per heavy atom. The molecule has 0 radical (unpaired) electrons. The predicted octanol–water partition coefficient (Wildman–Crippen LogP) is 2.96. The average molecular weight is 294 g/mol. The lowest BCUT2D eigenvalue weighted by Gasteiger charge is -2.13. The highest BCUT2D eigenvalue weighted by molar-refractivity contribution is 6.04. The summed E-state index contributed by atoms with van der Waals surface area (Å²) in [5.74, 6) is -0.125. The Morgan fingerprint density at radius 1 is 1.18 bits per heavy atom. The number of pyridine rings is 1. The number of hydrogen-bond donors (Lipinski definition) is 1. The van der Waals surface area contributed by atoms with Crippen molar-refractivity contribution in [3.05, 3.63) is 60.0 Å². The molecule has 1 amide bonds. The first-order valence-electron chi connectivity index (χ1n) is 7.07. The van der Waals surface area contributed by atoms with Crippen LogP contribution >= 0.6 is 0 Å². The van der Waals surface area contributed by atoms with Crippen LogP contribution in [0.3, 0.4) is 0 Å². The summed E-state index contributed by atoms with van der Waals surface area (Å²) < 4.78 is 1.90. The SMILES string of the molecule is Cc1cn2cc(NC(=O)c3cccc(N(C)C)c3)ccc2n1. The van der Waals surface area contributed by atoms with Crippen LogP contribution in [-0.4, -0.2) is 29.4 Å². The third-order valence-corrected chi connectivity index (χ3v) is 3.45. The van der Waals surface area contributed by atoms with Crippen molar-refractivity contribution in [2.24, 2.45) is 0 Å². The predicted molar refractivity (Wildman–Crippen MR) is 88.7 cm³/mol. The van der Waals surface area contributed by atoms with E-state index in [2.05, 4.69) is 10.3 Å². The zero-order chi connectivity index (χ0) is 15.7. The van der Waals surface area contributed by atoms with Crippen LogP contribution in [0.2, 0.25) is 0 Å². The first kappa shape index (κ1) is 14.1. The van der Waals surface area contributed by atoms with Gasteiger partial charge < -0.3 is 14.6 Å². The van der Waals surface area contributed by atoms with Gasteiger partial charge in [0.15, 0.2) is 0 Å². The normalized spacial score (nSPS) is 10.7. The monoisotopic (exact) mass is 294 g/mol. The Bertz CT molecular complexity index is 836. The van der Waals surface area contributed by atoms with Crippen LogP contribution in [0.4, 0.5) is 11.4 Å². The largest absolute Gasteiger partial charge is 0.378 e. The lowest BCUT2D eigenvalue weighted by atomic mass is 10.2. The van der Waals surface area contributed by atoms with Gasteiger partial charge in [0.2, 0.25) is 0 Å². The van der Waals surface area contributed by atoms with Crippen molar-refractivity contribution in [2.45, 2.75) is 6.92 Å². The molecule has 0 unspecified atom stereocenters. The van der Waals surface area contributed by atoms with Gasteiger partial charge in [-0.05, 0) is 37.3 Å². The number of nitrogens with zero attached hydrogens (tertiary/aromatic N) is 3. The number of benzene rings is 1. The molecule has 2 heterocycles. The van der Waals surface area contributed by atoms with E-state index in [0.717, 1.165) is 22.7 Å². The van der Waals surface area contributed by atoms with E-state index in [1.165, 1.54) is 0 Å². The van der Waals surface area contributed by atoms with Gasteiger partial charge in [0.25, 0.3) is 5.91 Å². The summed E-state index contributed by atoms with van der Waals surface area (Å²) in [4.78, 5) is 18.7. The zero-order valence-corrected chi connectivity index (χ0v) is 12.9. The van der Waals surface area contributed by atoms with Gasteiger partial charge in [0.05, 0.1) is 11.4 Å². The minimum Gasteiger partial charge on any atom is -0.378 e. The Morgan fingerprint density at radius 2 is 2.00 bits per heavy atom. The quantitative estimate of drug-likeness (QED) is 0.808. The van der Waals surface area contributed by atoms with Crippen LogP contribution in [0.5, 0.6) is 0 Å². The van der Waals surface area contributed by atoms with E-state index < -0.39 is 0 Å². The maximum absolute atomic E-state index is 12.4. The topological polar surface area (TPSA) is 49.6 Å². The van der Waals surface area contributed by atoms with Gasteiger partial charge in [0, 0.05) is 37.7 Å². The molecule has 0 bridgehead atoms. The van der Waals surface area contributed by atoms with Crippen LogP contribution in [0.25, 0.3) is 5.65 Å². The summed E-state index contributed by atoms with van der Waals surface area (Å²) in [7, 11) is 3.90. The molecule has 0 aliphatic heterocycles. The second-order valence-electron chi connectivity index (χ2n) is 5.46. The van der Waals surface area contributed by atoms with Crippen molar-refractivity contribution in [1.29, 1.82) is 0 Å². The molecule has 0 aliphatic rings. The average Bonchev–Trinajstić information content (AvgIpc) is 2.86. The summed E-state index contributed by atoms with van der Waals surface area (Å²) >= 11 is 0. The van der Waals surface area contributed by atoms with Crippen molar-refractivity contribution in [3.63, 3.8) is 0 Å². The standard InChI is InChI=1S/C17H18N4O/c1-12-10-21-11-14(7-8-16(21)18-12)19-17(22)13-5-4-6-15(9-13)20(2)3/h4-11H,1-3H3,(H,19,22). The molecule has 2 aromatic heterocycles. The summed E-state index contributed by atoms with van der Waals surface area (Å²) in [6, 6.07) is 11.3. The smallest absolute Gasteiger partial charge is 0.255 e. The molecule has 0 aliphatic carbocycles. The molecule has 0 spiro atoms. The summed E-state index contributed by atoms with van der Waals surface area (Å²) in [5.41, 5.74) is 4.18. The molecule has 0 saturated carbocycles. The fourth-order valence-corrected chi connectivity index (χ4v) is 2.32. The van der Waals surface area contributed by atoms with E-state index >= 15 is 0 Å². The number of anilines is 2. The fraction of sp³-hybridized carbons (Fsp3) is 0.176. The number of imidazole rings is 1. The Labute approximate surface area is 129 Å². The van der Waals surface area contributed by atoms with Crippen LogP contribution in [0, 0.1) is 6.92 Å².